The van der Waals surface area contributed by atoms with Crippen LogP contribution >= 0.6 is 23.1 Å². The second-order valence-corrected chi connectivity index (χ2v) is 8.05. The third kappa shape index (κ3) is 2.42. The minimum atomic E-state index is 0.863. The molecular formula is C18H19N3S2. The van der Waals surface area contributed by atoms with E-state index in [2.05, 4.69) is 50.2 Å². The summed E-state index contributed by atoms with van der Waals surface area (Å²) in [4.78, 5) is 14.6. The molecule has 4 rings (SSSR count). The van der Waals surface area contributed by atoms with Gasteiger partial charge < -0.3 is 4.90 Å². The summed E-state index contributed by atoms with van der Waals surface area (Å²) in [5.41, 5.74) is 2.45. The number of nitrogens with zero attached hydrogens (tertiary/aromatic N) is 3. The molecule has 0 saturated heterocycles. The first-order valence-corrected chi connectivity index (χ1v) is 9.71. The molecule has 0 radical (unpaired) electrons. The fourth-order valence-corrected chi connectivity index (χ4v) is 5.59. The molecule has 0 spiro atoms. The topological polar surface area (TPSA) is 29.0 Å². The molecule has 1 aliphatic heterocycles. The molecule has 0 atom stereocenters. The van der Waals surface area contributed by atoms with Crippen molar-refractivity contribution in [2.24, 2.45) is 0 Å². The molecule has 1 aliphatic rings. The van der Waals surface area contributed by atoms with E-state index in [0.29, 0.717) is 0 Å². The molecule has 0 fully saturated rings. The van der Waals surface area contributed by atoms with E-state index < -0.39 is 0 Å². The number of thiophene rings is 1. The van der Waals surface area contributed by atoms with Crippen LogP contribution in [0.3, 0.4) is 0 Å². The highest BCUT2D eigenvalue weighted by Gasteiger charge is 2.25. The summed E-state index contributed by atoms with van der Waals surface area (Å²) >= 11 is 3.83. The number of hydrogen-bond donors (Lipinski definition) is 0. The summed E-state index contributed by atoms with van der Waals surface area (Å²) in [6.45, 7) is 2.12. The Morgan fingerprint density at radius 1 is 1.17 bits per heavy atom. The molecule has 23 heavy (non-hydrogen) atoms. The van der Waals surface area contributed by atoms with E-state index >= 15 is 0 Å². The summed E-state index contributed by atoms with van der Waals surface area (Å²) < 4.78 is 1.35. The van der Waals surface area contributed by atoms with Crippen molar-refractivity contribution >= 4 is 39.0 Å². The lowest BCUT2D eigenvalue weighted by molar-refractivity contribution is 0.896. The number of aryl methyl sites for hydroxylation is 1. The van der Waals surface area contributed by atoms with Crippen LogP contribution in [-0.2, 0) is 12.8 Å². The standard InChI is InChI=1S/C18H19N3S2/c1-4-14-19-15-12(18(20-14)21(2)3)9-10-22-16-11-7-5-6-8-13(11)23-17(15)16/h5-8H,4,9-10H2,1-3H3. The number of hydrogen-bond acceptors (Lipinski definition) is 5. The van der Waals surface area contributed by atoms with Crippen LogP contribution in [0.5, 0.6) is 0 Å². The van der Waals surface area contributed by atoms with Crippen LogP contribution < -0.4 is 4.90 Å². The van der Waals surface area contributed by atoms with Crippen LogP contribution in [0, 0.1) is 0 Å². The molecule has 3 nitrogen and oxygen atoms in total. The molecule has 0 unspecified atom stereocenters. The number of benzene rings is 1. The zero-order valence-electron chi connectivity index (χ0n) is 13.6. The monoisotopic (exact) mass is 341 g/mol. The number of thioether (sulfide) groups is 1. The Labute approximate surface area is 144 Å². The number of anilines is 1. The predicted molar refractivity (Wildman–Crippen MR) is 101 cm³/mol. The fourth-order valence-electron chi connectivity index (χ4n) is 3.04. The SMILES string of the molecule is CCc1nc2c(c(N(C)C)n1)CCSc1c-2sc2ccccc12. The first-order chi connectivity index (χ1) is 11.2. The molecule has 2 aromatic heterocycles. The van der Waals surface area contributed by atoms with Crippen molar-refractivity contribution in [2.45, 2.75) is 24.7 Å². The smallest absolute Gasteiger partial charge is 0.135 e. The summed E-state index contributed by atoms with van der Waals surface area (Å²) in [6.07, 6.45) is 1.88. The Balaban J connectivity index is 2.05. The van der Waals surface area contributed by atoms with Gasteiger partial charge in [0.15, 0.2) is 0 Å². The second kappa shape index (κ2) is 5.80. The van der Waals surface area contributed by atoms with Crippen molar-refractivity contribution in [3.8, 4) is 10.6 Å². The first kappa shape index (κ1) is 15.0. The number of fused-ring (bicyclic) bond motifs is 5. The van der Waals surface area contributed by atoms with E-state index in [0.717, 1.165) is 35.9 Å². The highest BCUT2D eigenvalue weighted by Crippen LogP contribution is 2.47. The van der Waals surface area contributed by atoms with Gasteiger partial charge in [-0.3, -0.25) is 0 Å². The van der Waals surface area contributed by atoms with Crippen molar-refractivity contribution in [1.29, 1.82) is 0 Å². The van der Waals surface area contributed by atoms with E-state index in [9.17, 15) is 0 Å². The zero-order chi connectivity index (χ0) is 16.0. The quantitative estimate of drug-likeness (QED) is 0.679. The summed E-state index contributed by atoms with van der Waals surface area (Å²) in [5.74, 6) is 3.09. The zero-order valence-corrected chi connectivity index (χ0v) is 15.2. The van der Waals surface area contributed by atoms with Crippen LogP contribution in [0.4, 0.5) is 5.82 Å². The Morgan fingerprint density at radius 2 is 2.00 bits per heavy atom. The first-order valence-electron chi connectivity index (χ1n) is 7.91. The summed E-state index contributed by atoms with van der Waals surface area (Å²) in [6, 6.07) is 8.69. The van der Waals surface area contributed by atoms with Crippen molar-refractivity contribution in [1.82, 2.24) is 9.97 Å². The van der Waals surface area contributed by atoms with Gasteiger partial charge in [-0.1, -0.05) is 25.1 Å². The van der Waals surface area contributed by atoms with Crippen LogP contribution in [0.25, 0.3) is 20.7 Å². The molecule has 0 saturated carbocycles. The van der Waals surface area contributed by atoms with Gasteiger partial charge in [0.1, 0.15) is 11.6 Å². The molecule has 5 heteroatoms. The van der Waals surface area contributed by atoms with Gasteiger partial charge in [0.2, 0.25) is 0 Å². The van der Waals surface area contributed by atoms with Crippen LogP contribution in [0.1, 0.15) is 18.3 Å². The van der Waals surface area contributed by atoms with Crippen LogP contribution in [0.15, 0.2) is 29.2 Å². The highest BCUT2D eigenvalue weighted by atomic mass is 32.2. The lowest BCUT2D eigenvalue weighted by Crippen LogP contribution is -2.16. The second-order valence-electron chi connectivity index (χ2n) is 5.89. The largest absolute Gasteiger partial charge is 0.362 e. The van der Waals surface area contributed by atoms with Crippen LogP contribution in [0.2, 0.25) is 0 Å². The van der Waals surface area contributed by atoms with Crippen molar-refractivity contribution < 1.29 is 0 Å². The van der Waals surface area contributed by atoms with Crippen molar-refractivity contribution in [2.75, 3.05) is 24.7 Å². The average Bonchev–Trinajstić information content (AvgIpc) is 2.83. The maximum Gasteiger partial charge on any atom is 0.135 e. The van der Waals surface area contributed by atoms with Gasteiger partial charge >= 0.3 is 0 Å². The Morgan fingerprint density at radius 3 is 2.78 bits per heavy atom. The van der Waals surface area contributed by atoms with Gasteiger partial charge in [0.25, 0.3) is 0 Å². The average molecular weight is 342 g/mol. The summed E-state index contributed by atoms with van der Waals surface area (Å²) in [7, 11) is 4.15. The van der Waals surface area contributed by atoms with Gasteiger partial charge in [-0.05, 0) is 12.5 Å². The molecule has 3 heterocycles. The molecule has 1 aromatic carbocycles. The third-order valence-electron chi connectivity index (χ3n) is 4.13. The van der Waals surface area contributed by atoms with Crippen molar-refractivity contribution in [3.05, 3.63) is 35.7 Å². The number of rotatable bonds is 2. The lowest BCUT2D eigenvalue weighted by Gasteiger charge is -2.18. The molecule has 0 amide bonds. The Kier molecular flexibility index (Phi) is 3.77. The minimum Gasteiger partial charge on any atom is -0.362 e. The van der Waals surface area contributed by atoms with Gasteiger partial charge in [0.05, 0.1) is 10.6 Å². The van der Waals surface area contributed by atoms with Gasteiger partial charge in [0, 0.05) is 46.8 Å². The summed E-state index contributed by atoms with van der Waals surface area (Å²) in [5, 5.41) is 1.37. The van der Waals surface area contributed by atoms with E-state index in [4.69, 9.17) is 9.97 Å². The lowest BCUT2D eigenvalue weighted by atomic mass is 10.1. The van der Waals surface area contributed by atoms with Crippen molar-refractivity contribution in [3.63, 3.8) is 0 Å². The molecule has 0 bridgehead atoms. The van der Waals surface area contributed by atoms with E-state index in [1.54, 1.807) is 0 Å². The number of aromatic nitrogens is 2. The molecule has 118 valence electrons. The van der Waals surface area contributed by atoms with Crippen LogP contribution in [-0.4, -0.2) is 29.8 Å². The molecular weight excluding hydrogens is 322 g/mol. The van der Waals surface area contributed by atoms with E-state index in [1.165, 1.54) is 25.4 Å². The Bertz CT molecular complexity index is 883. The Hall–Kier alpha value is -1.59. The minimum absolute atomic E-state index is 0.863. The van der Waals surface area contributed by atoms with Gasteiger partial charge in [-0.25, -0.2) is 9.97 Å². The van der Waals surface area contributed by atoms with E-state index in [1.807, 2.05) is 23.1 Å². The normalized spacial score (nSPS) is 13.5. The van der Waals surface area contributed by atoms with Gasteiger partial charge in [-0.15, -0.1) is 23.1 Å². The predicted octanol–water partition coefficient (Wildman–Crippen LogP) is 4.63. The molecule has 0 N–H and O–H groups in total. The highest BCUT2D eigenvalue weighted by molar-refractivity contribution is 7.99. The van der Waals surface area contributed by atoms with Gasteiger partial charge in [-0.2, -0.15) is 0 Å². The molecule has 3 aromatic rings. The maximum atomic E-state index is 4.93. The maximum absolute atomic E-state index is 4.93. The van der Waals surface area contributed by atoms with E-state index in [-0.39, 0.29) is 0 Å². The third-order valence-corrected chi connectivity index (χ3v) is 6.56. The fraction of sp³-hybridized carbons (Fsp3) is 0.333. The molecule has 0 aliphatic carbocycles.